The first-order valence-electron chi connectivity index (χ1n) is 7.91. The molecule has 1 atom stereocenters. The Bertz CT molecular complexity index is 673. The Morgan fingerprint density at radius 1 is 1.12 bits per heavy atom. The summed E-state index contributed by atoms with van der Waals surface area (Å²) in [6, 6.07) is 4.25. The number of anilines is 2. The highest BCUT2D eigenvalue weighted by Gasteiger charge is 2.35. The zero-order valence-corrected chi connectivity index (χ0v) is 14.7. The lowest BCUT2D eigenvalue weighted by Gasteiger charge is -2.20. The highest BCUT2D eigenvalue weighted by atomic mass is 35.5. The maximum atomic E-state index is 12.5. The summed E-state index contributed by atoms with van der Waals surface area (Å²) in [5.41, 5.74) is 2.18. The third-order valence-corrected chi connectivity index (χ3v) is 3.79. The number of esters is 2. The van der Waals surface area contributed by atoms with Gasteiger partial charge in [-0.15, -0.1) is 0 Å². The number of hydrogen-bond acceptors (Lipinski definition) is 6. The molecule has 2 rings (SSSR count). The zero-order chi connectivity index (χ0) is 17.7. The molecule has 130 valence electrons. The summed E-state index contributed by atoms with van der Waals surface area (Å²) in [4.78, 5) is 24.9. The van der Waals surface area contributed by atoms with Gasteiger partial charge in [-0.05, 0) is 38.5 Å². The fourth-order valence-electron chi connectivity index (χ4n) is 2.51. The monoisotopic (exact) mass is 352 g/mol. The molecular weight excluding hydrogens is 332 g/mol. The summed E-state index contributed by atoms with van der Waals surface area (Å²) in [6.07, 6.45) is 0.522. The van der Waals surface area contributed by atoms with Gasteiger partial charge in [0.05, 0.1) is 30.2 Å². The van der Waals surface area contributed by atoms with Crippen molar-refractivity contribution in [2.75, 3.05) is 23.8 Å². The minimum Gasteiger partial charge on any atom is -0.464 e. The van der Waals surface area contributed by atoms with Crippen LogP contribution in [0, 0.1) is 0 Å². The number of fused-ring (bicyclic) bond motifs is 1. The molecule has 24 heavy (non-hydrogen) atoms. The first kappa shape index (κ1) is 18.1. The summed E-state index contributed by atoms with van der Waals surface area (Å²) >= 11 is 6.05. The minimum atomic E-state index is -0.967. The van der Waals surface area contributed by atoms with E-state index in [0.29, 0.717) is 22.8 Å². The molecule has 1 unspecified atom stereocenters. The second kappa shape index (κ2) is 8.06. The molecule has 1 heterocycles. The molecule has 0 aliphatic carbocycles. The van der Waals surface area contributed by atoms with E-state index in [1.54, 1.807) is 32.0 Å². The molecule has 0 fully saturated rings. The lowest BCUT2D eigenvalue weighted by atomic mass is 10.0. The molecular formula is C17H21ClN2O4. The van der Waals surface area contributed by atoms with Crippen LogP contribution in [0.15, 0.2) is 29.5 Å². The van der Waals surface area contributed by atoms with Gasteiger partial charge in [0.15, 0.2) is 6.04 Å². The second-order valence-electron chi connectivity index (χ2n) is 5.11. The van der Waals surface area contributed by atoms with Crippen molar-refractivity contribution >= 4 is 34.9 Å². The van der Waals surface area contributed by atoms with Crippen molar-refractivity contribution in [3.63, 3.8) is 0 Å². The molecule has 6 nitrogen and oxygen atoms in total. The van der Waals surface area contributed by atoms with Crippen molar-refractivity contribution in [3.05, 3.63) is 34.5 Å². The fraction of sp³-hybridized carbons (Fsp3) is 0.412. The number of nitrogens with one attached hydrogen (secondary N) is 2. The summed E-state index contributed by atoms with van der Waals surface area (Å²) < 4.78 is 10.3. The second-order valence-corrected chi connectivity index (χ2v) is 5.55. The van der Waals surface area contributed by atoms with E-state index in [9.17, 15) is 9.59 Å². The first-order valence-corrected chi connectivity index (χ1v) is 8.29. The molecule has 0 saturated heterocycles. The van der Waals surface area contributed by atoms with Gasteiger partial charge in [0, 0.05) is 10.7 Å². The Hall–Kier alpha value is -2.21. The van der Waals surface area contributed by atoms with E-state index in [1.807, 2.05) is 6.92 Å². The molecule has 0 amide bonds. The Morgan fingerprint density at radius 3 is 2.46 bits per heavy atom. The maximum absolute atomic E-state index is 12.5. The molecule has 1 aliphatic rings. The Labute approximate surface area is 146 Å². The third-order valence-electron chi connectivity index (χ3n) is 3.55. The van der Waals surface area contributed by atoms with Crippen LogP contribution in [0.3, 0.4) is 0 Å². The molecule has 2 N–H and O–H groups in total. The molecule has 7 heteroatoms. The van der Waals surface area contributed by atoms with Crippen LogP contribution in [0.5, 0.6) is 0 Å². The van der Waals surface area contributed by atoms with E-state index in [0.717, 1.165) is 5.69 Å². The summed E-state index contributed by atoms with van der Waals surface area (Å²) in [6.45, 7) is 5.75. The van der Waals surface area contributed by atoms with E-state index in [4.69, 9.17) is 21.1 Å². The predicted octanol–water partition coefficient (Wildman–Crippen LogP) is 3.34. The van der Waals surface area contributed by atoms with Crippen molar-refractivity contribution in [3.8, 4) is 0 Å². The molecule has 0 saturated carbocycles. The normalized spacial score (nSPS) is 16.4. The van der Waals surface area contributed by atoms with Crippen molar-refractivity contribution in [1.29, 1.82) is 0 Å². The molecule has 1 aromatic rings. The van der Waals surface area contributed by atoms with E-state index < -0.39 is 18.0 Å². The number of carbonyl (C=O) groups is 2. The molecule has 1 aromatic carbocycles. The van der Waals surface area contributed by atoms with Gasteiger partial charge in [-0.25, -0.2) is 9.59 Å². The lowest BCUT2D eigenvalue weighted by Crippen LogP contribution is -2.37. The third kappa shape index (κ3) is 3.82. The van der Waals surface area contributed by atoms with Gasteiger partial charge in [0.25, 0.3) is 0 Å². The van der Waals surface area contributed by atoms with Crippen molar-refractivity contribution in [2.45, 2.75) is 33.2 Å². The van der Waals surface area contributed by atoms with Crippen LogP contribution in [0.25, 0.3) is 0 Å². The van der Waals surface area contributed by atoms with Gasteiger partial charge >= 0.3 is 11.9 Å². The smallest absolute Gasteiger partial charge is 0.338 e. The summed E-state index contributed by atoms with van der Waals surface area (Å²) in [7, 11) is 0. The van der Waals surface area contributed by atoms with Gasteiger partial charge < -0.3 is 20.1 Å². The summed E-state index contributed by atoms with van der Waals surface area (Å²) in [5, 5.41) is 6.78. The number of ether oxygens (including phenoxy) is 2. The van der Waals surface area contributed by atoms with Crippen molar-refractivity contribution in [2.24, 2.45) is 0 Å². The van der Waals surface area contributed by atoms with Crippen molar-refractivity contribution < 1.29 is 19.1 Å². The molecule has 1 aliphatic heterocycles. The van der Waals surface area contributed by atoms with Crippen LogP contribution in [0.2, 0.25) is 5.02 Å². The molecule has 0 bridgehead atoms. The Balaban J connectivity index is 2.54. The van der Waals surface area contributed by atoms with Gasteiger partial charge in [-0.2, -0.15) is 0 Å². The molecule has 0 spiro atoms. The quantitative estimate of drug-likeness (QED) is 0.791. The number of allylic oxidation sites excluding steroid dienone is 1. The van der Waals surface area contributed by atoms with E-state index in [2.05, 4.69) is 10.6 Å². The van der Waals surface area contributed by atoms with E-state index >= 15 is 0 Å². The fourth-order valence-corrected chi connectivity index (χ4v) is 2.68. The standard InChI is InChI=1S/C17H21ClN2O4/c1-4-11-14(16(21)23-5-2)15(17(22)24-6-3)20-13-9-10(18)7-8-12(13)19-11/h7-9,15,19-20H,4-6H2,1-3H3. The van der Waals surface area contributed by atoms with Crippen LogP contribution in [-0.2, 0) is 19.1 Å². The van der Waals surface area contributed by atoms with Crippen LogP contribution in [0.4, 0.5) is 11.4 Å². The number of halogens is 1. The minimum absolute atomic E-state index is 0.213. The van der Waals surface area contributed by atoms with Crippen LogP contribution in [0.1, 0.15) is 27.2 Å². The topological polar surface area (TPSA) is 76.7 Å². The number of benzene rings is 1. The first-order chi connectivity index (χ1) is 11.5. The van der Waals surface area contributed by atoms with Gasteiger partial charge in [-0.1, -0.05) is 18.5 Å². The Morgan fingerprint density at radius 2 is 1.83 bits per heavy atom. The highest BCUT2D eigenvalue weighted by Crippen LogP contribution is 2.33. The number of rotatable bonds is 5. The average Bonchev–Trinajstić information content (AvgIpc) is 2.71. The lowest BCUT2D eigenvalue weighted by molar-refractivity contribution is -0.146. The molecule has 0 aromatic heterocycles. The maximum Gasteiger partial charge on any atom is 0.338 e. The Kier molecular flexibility index (Phi) is 6.09. The van der Waals surface area contributed by atoms with Crippen LogP contribution < -0.4 is 10.6 Å². The van der Waals surface area contributed by atoms with Crippen LogP contribution in [-0.4, -0.2) is 31.2 Å². The van der Waals surface area contributed by atoms with E-state index in [1.165, 1.54) is 0 Å². The largest absolute Gasteiger partial charge is 0.464 e. The zero-order valence-electron chi connectivity index (χ0n) is 13.9. The average molecular weight is 353 g/mol. The van der Waals surface area contributed by atoms with Crippen LogP contribution >= 0.6 is 11.6 Å². The van der Waals surface area contributed by atoms with Gasteiger partial charge in [-0.3, -0.25) is 0 Å². The van der Waals surface area contributed by atoms with E-state index in [-0.39, 0.29) is 18.8 Å². The highest BCUT2D eigenvalue weighted by molar-refractivity contribution is 6.31. The summed E-state index contributed by atoms with van der Waals surface area (Å²) in [5.74, 6) is -1.09. The SMILES string of the molecule is CCOC(=O)C1=C(CC)Nc2ccc(Cl)cc2NC1C(=O)OCC. The van der Waals surface area contributed by atoms with Gasteiger partial charge in [0.1, 0.15) is 0 Å². The van der Waals surface area contributed by atoms with Gasteiger partial charge in [0.2, 0.25) is 0 Å². The molecule has 0 radical (unpaired) electrons. The van der Waals surface area contributed by atoms with Crippen molar-refractivity contribution in [1.82, 2.24) is 0 Å². The predicted molar refractivity (Wildman–Crippen MR) is 93.1 cm³/mol. The number of carbonyl (C=O) groups excluding carboxylic acids is 2. The number of hydrogen-bond donors (Lipinski definition) is 2.